The average Bonchev–Trinajstić information content (AvgIpc) is 3.33. The maximum absolute atomic E-state index is 13.6. The fourth-order valence-corrected chi connectivity index (χ4v) is 4.51. The lowest BCUT2D eigenvalue weighted by atomic mass is 9.93. The fourth-order valence-electron chi connectivity index (χ4n) is 4.51. The number of hydrogen-bond acceptors (Lipinski definition) is 4. The molecule has 0 bridgehead atoms. The van der Waals surface area contributed by atoms with Gasteiger partial charge in [0.25, 0.3) is 11.8 Å². The first-order valence-corrected chi connectivity index (χ1v) is 12.3. The second kappa shape index (κ2) is 10.1. The van der Waals surface area contributed by atoms with Crippen LogP contribution in [0.4, 0.5) is 17.2 Å². The van der Waals surface area contributed by atoms with Gasteiger partial charge < -0.3 is 16.0 Å². The predicted octanol–water partition coefficient (Wildman–Crippen LogP) is 5.93. The number of carbonyl (C=O) groups excluding carboxylic acids is 2. The van der Waals surface area contributed by atoms with Gasteiger partial charge in [-0.1, -0.05) is 67.1 Å². The molecule has 186 valence electrons. The second-order valence-corrected chi connectivity index (χ2v) is 9.15. The Morgan fingerprint density at radius 1 is 0.865 bits per heavy atom. The molecule has 5 rings (SSSR count). The Morgan fingerprint density at radius 2 is 1.51 bits per heavy atom. The Hall–Kier alpha value is -4.65. The van der Waals surface area contributed by atoms with Crippen molar-refractivity contribution < 1.29 is 9.59 Å². The third-order valence-corrected chi connectivity index (χ3v) is 6.56. The smallest absolute Gasteiger partial charge is 0.261 e. The minimum Gasteiger partial charge on any atom is -0.343 e. The topological polar surface area (TPSA) is 88.1 Å². The lowest BCUT2D eigenvalue weighted by Gasteiger charge is -2.30. The zero-order valence-electron chi connectivity index (χ0n) is 21.1. The van der Waals surface area contributed by atoms with Gasteiger partial charge in [0.05, 0.1) is 11.8 Å². The predicted molar refractivity (Wildman–Crippen MR) is 147 cm³/mol. The number of aromatic nitrogens is 2. The average molecular weight is 492 g/mol. The van der Waals surface area contributed by atoms with Crippen molar-refractivity contribution in [3.63, 3.8) is 0 Å². The second-order valence-electron chi connectivity index (χ2n) is 9.15. The number of nitrogens with one attached hydrogen (secondary N) is 3. The molecule has 0 saturated heterocycles. The van der Waals surface area contributed by atoms with Crippen LogP contribution in [0.5, 0.6) is 0 Å². The van der Waals surface area contributed by atoms with E-state index in [1.807, 2.05) is 80.6 Å². The van der Waals surface area contributed by atoms with Crippen LogP contribution in [0.25, 0.3) is 0 Å². The Kier molecular flexibility index (Phi) is 6.60. The van der Waals surface area contributed by atoms with Crippen molar-refractivity contribution in [2.45, 2.75) is 33.2 Å². The molecule has 2 amide bonds. The first kappa shape index (κ1) is 24.1. The number of benzene rings is 3. The summed E-state index contributed by atoms with van der Waals surface area (Å²) in [6.07, 6.45) is 2.46. The van der Waals surface area contributed by atoms with Crippen LogP contribution < -0.4 is 16.0 Å². The molecule has 0 spiro atoms. The van der Waals surface area contributed by atoms with E-state index < -0.39 is 6.04 Å². The Bertz CT molecular complexity index is 1470. The lowest BCUT2D eigenvalue weighted by molar-refractivity contribution is -0.113. The molecule has 0 unspecified atom stereocenters. The van der Waals surface area contributed by atoms with Crippen LogP contribution in [-0.4, -0.2) is 21.6 Å². The molecule has 3 aromatic carbocycles. The maximum atomic E-state index is 13.6. The number of hydrogen-bond donors (Lipinski definition) is 3. The summed E-state index contributed by atoms with van der Waals surface area (Å²) in [4.78, 5) is 26.8. The van der Waals surface area contributed by atoms with E-state index in [1.165, 1.54) is 5.56 Å². The first-order chi connectivity index (χ1) is 17.9. The van der Waals surface area contributed by atoms with Gasteiger partial charge in [-0.2, -0.15) is 5.10 Å². The summed E-state index contributed by atoms with van der Waals surface area (Å²) in [6.45, 7) is 5.95. The molecule has 1 aromatic heterocycles. The fraction of sp³-hybridized carbons (Fsp3) is 0.167. The third-order valence-electron chi connectivity index (χ3n) is 6.56. The van der Waals surface area contributed by atoms with Crippen LogP contribution in [0.3, 0.4) is 0 Å². The molecule has 7 heteroatoms. The molecule has 7 nitrogen and oxygen atoms in total. The molecular formula is C30H29N5O2. The van der Waals surface area contributed by atoms with Crippen molar-refractivity contribution in [1.82, 2.24) is 9.78 Å². The molecule has 4 aromatic rings. The standard InChI is InChI=1S/C30H29N5O2/c1-4-21-12-14-22(15-13-21)27-26(30(37)34-23-8-6-5-7-9-23)20(3)32-28-25(18-31-35(27)28)29(36)33-24-16-10-19(2)11-17-24/h5-18,27,32H,4H2,1-3H3,(H,33,36)(H,34,37)/t27-/m0/s1. The molecule has 0 fully saturated rings. The Labute approximate surface area is 216 Å². The number of amides is 2. The molecule has 1 aliphatic heterocycles. The molecule has 2 heterocycles. The molecular weight excluding hydrogens is 462 g/mol. The summed E-state index contributed by atoms with van der Waals surface area (Å²) in [5.41, 5.74) is 6.23. The number of para-hydroxylation sites is 1. The number of fused-ring (bicyclic) bond motifs is 1. The molecule has 0 saturated carbocycles. The van der Waals surface area contributed by atoms with E-state index >= 15 is 0 Å². The molecule has 0 aliphatic carbocycles. The van der Waals surface area contributed by atoms with Crippen LogP contribution in [0.2, 0.25) is 0 Å². The highest BCUT2D eigenvalue weighted by Gasteiger charge is 2.35. The zero-order valence-corrected chi connectivity index (χ0v) is 21.1. The summed E-state index contributed by atoms with van der Waals surface area (Å²) < 4.78 is 1.72. The van der Waals surface area contributed by atoms with Crippen molar-refractivity contribution in [3.05, 3.63) is 119 Å². The van der Waals surface area contributed by atoms with Crippen molar-refractivity contribution >= 4 is 29.0 Å². The Balaban J connectivity index is 1.53. The van der Waals surface area contributed by atoms with E-state index in [0.717, 1.165) is 17.5 Å². The minimum absolute atomic E-state index is 0.229. The van der Waals surface area contributed by atoms with Gasteiger partial charge in [-0.25, -0.2) is 4.68 Å². The van der Waals surface area contributed by atoms with E-state index in [4.69, 9.17) is 0 Å². The van der Waals surface area contributed by atoms with Crippen molar-refractivity contribution in [2.24, 2.45) is 0 Å². The number of rotatable bonds is 6. The van der Waals surface area contributed by atoms with Gasteiger partial charge in [0, 0.05) is 17.1 Å². The van der Waals surface area contributed by atoms with Gasteiger partial charge in [0.1, 0.15) is 17.4 Å². The highest BCUT2D eigenvalue weighted by Crippen LogP contribution is 2.38. The van der Waals surface area contributed by atoms with Gasteiger partial charge >= 0.3 is 0 Å². The SMILES string of the molecule is CCc1ccc([C@H]2C(C(=O)Nc3ccccc3)=C(C)Nc3c(C(=O)Nc4ccc(C)cc4)cnn32)cc1. The van der Waals surface area contributed by atoms with E-state index in [0.29, 0.717) is 34.0 Å². The van der Waals surface area contributed by atoms with Crippen LogP contribution >= 0.6 is 0 Å². The van der Waals surface area contributed by atoms with Crippen LogP contribution in [0.1, 0.15) is 46.9 Å². The van der Waals surface area contributed by atoms with Gasteiger partial charge in [0.2, 0.25) is 0 Å². The minimum atomic E-state index is -0.508. The van der Waals surface area contributed by atoms with E-state index in [1.54, 1.807) is 10.9 Å². The molecule has 1 atom stereocenters. The van der Waals surface area contributed by atoms with Gasteiger partial charge in [-0.05, 0) is 55.7 Å². The maximum Gasteiger partial charge on any atom is 0.261 e. The molecule has 3 N–H and O–H groups in total. The van der Waals surface area contributed by atoms with Crippen molar-refractivity contribution in [2.75, 3.05) is 16.0 Å². The number of allylic oxidation sites excluding steroid dienone is 1. The molecule has 1 aliphatic rings. The summed E-state index contributed by atoms with van der Waals surface area (Å²) in [5, 5.41) is 13.8. The third kappa shape index (κ3) is 4.89. The zero-order chi connectivity index (χ0) is 25.9. The molecule has 0 radical (unpaired) electrons. The van der Waals surface area contributed by atoms with Crippen LogP contribution in [-0.2, 0) is 11.2 Å². The highest BCUT2D eigenvalue weighted by molar-refractivity contribution is 6.09. The Morgan fingerprint density at radius 3 is 2.19 bits per heavy atom. The highest BCUT2D eigenvalue weighted by atomic mass is 16.2. The summed E-state index contributed by atoms with van der Waals surface area (Å²) in [6, 6.07) is 24.6. The number of carbonyl (C=O) groups is 2. The van der Waals surface area contributed by atoms with Gasteiger partial charge in [0.15, 0.2) is 0 Å². The van der Waals surface area contributed by atoms with Crippen LogP contribution in [0.15, 0.2) is 96.3 Å². The van der Waals surface area contributed by atoms with Crippen molar-refractivity contribution in [3.8, 4) is 0 Å². The lowest BCUT2D eigenvalue weighted by Crippen LogP contribution is -2.32. The quantitative estimate of drug-likeness (QED) is 0.312. The van der Waals surface area contributed by atoms with Gasteiger partial charge in [-0.3, -0.25) is 9.59 Å². The normalized spacial score (nSPS) is 14.5. The van der Waals surface area contributed by atoms with E-state index in [2.05, 4.69) is 40.1 Å². The number of anilines is 3. The first-order valence-electron chi connectivity index (χ1n) is 12.3. The molecule has 37 heavy (non-hydrogen) atoms. The van der Waals surface area contributed by atoms with Gasteiger partial charge in [-0.15, -0.1) is 0 Å². The van der Waals surface area contributed by atoms with E-state index in [9.17, 15) is 9.59 Å². The van der Waals surface area contributed by atoms with Crippen LogP contribution in [0, 0.1) is 6.92 Å². The summed E-state index contributed by atoms with van der Waals surface area (Å²) in [5.74, 6) is 0.0400. The summed E-state index contributed by atoms with van der Waals surface area (Å²) in [7, 11) is 0. The van der Waals surface area contributed by atoms with E-state index in [-0.39, 0.29) is 11.8 Å². The number of aryl methyl sites for hydroxylation is 2. The van der Waals surface area contributed by atoms with Crippen molar-refractivity contribution in [1.29, 1.82) is 0 Å². The summed E-state index contributed by atoms with van der Waals surface area (Å²) >= 11 is 0. The largest absolute Gasteiger partial charge is 0.343 e. The monoisotopic (exact) mass is 491 g/mol. The number of nitrogens with zero attached hydrogens (tertiary/aromatic N) is 2.